The summed E-state index contributed by atoms with van der Waals surface area (Å²) in [5, 5.41) is 1.64. The van der Waals surface area contributed by atoms with Gasteiger partial charge in [-0.1, -0.05) is 13.3 Å². The highest BCUT2D eigenvalue weighted by molar-refractivity contribution is 6.02. The van der Waals surface area contributed by atoms with Crippen molar-refractivity contribution in [1.29, 1.82) is 0 Å². The lowest BCUT2D eigenvalue weighted by atomic mass is 10.2. The summed E-state index contributed by atoms with van der Waals surface area (Å²) in [6.45, 7) is 2.97. The second-order valence-electron chi connectivity index (χ2n) is 5.49. The number of amides is 1. The van der Waals surface area contributed by atoms with Crippen molar-refractivity contribution in [2.24, 2.45) is 4.99 Å². The van der Waals surface area contributed by atoms with Crippen LogP contribution >= 0.6 is 0 Å². The van der Waals surface area contributed by atoms with Crippen molar-refractivity contribution in [1.82, 2.24) is 15.4 Å². The minimum atomic E-state index is 0.00345. The Morgan fingerprint density at radius 3 is 2.75 bits per heavy atom. The van der Waals surface area contributed by atoms with Gasteiger partial charge in [0.25, 0.3) is 5.91 Å². The molecule has 0 atom stereocenters. The largest absolute Gasteiger partial charge is 0.456 e. The van der Waals surface area contributed by atoms with Crippen LogP contribution in [0.2, 0.25) is 0 Å². The summed E-state index contributed by atoms with van der Waals surface area (Å²) in [6, 6.07) is 11.3. The van der Waals surface area contributed by atoms with Gasteiger partial charge in [0.2, 0.25) is 0 Å². The molecule has 0 saturated carbocycles. The van der Waals surface area contributed by atoms with E-state index in [2.05, 4.69) is 22.3 Å². The van der Waals surface area contributed by atoms with E-state index in [1.54, 1.807) is 17.4 Å². The summed E-state index contributed by atoms with van der Waals surface area (Å²) < 4.78 is 5.72. The number of hydrazine groups is 1. The normalized spacial score (nSPS) is 14.1. The van der Waals surface area contributed by atoms with Gasteiger partial charge in [0.15, 0.2) is 0 Å². The third-order valence-electron chi connectivity index (χ3n) is 3.65. The molecule has 1 aromatic carbocycles. The van der Waals surface area contributed by atoms with Crippen LogP contribution < -0.4 is 10.2 Å². The molecule has 3 rings (SSSR count). The fourth-order valence-corrected chi connectivity index (χ4v) is 2.33. The molecule has 2 aromatic rings. The van der Waals surface area contributed by atoms with Crippen molar-refractivity contribution >= 4 is 11.7 Å². The highest BCUT2D eigenvalue weighted by atomic mass is 16.5. The smallest absolute Gasteiger partial charge is 0.262 e. The number of benzene rings is 1. The van der Waals surface area contributed by atoms with Crippen molar-refractivity contribution in [2.75, 3.05) is 13.1 Å². The molecule has 1 aliphatic heterocycles. The third kappa shape index (κ3) is 3.90. The Morgan fingerprint density at radius 2 is 2.04 bits per heavy atom. The van der Waals surface area contributed by atoms with Crippen LogP contribution in [0.3, 0.4) is 0 Å². The molecular formula is C18H20N4O2. The number of carbonyl (C=O) groups is 1. The topological polar surface area (TPSA) is 66.8 Å². The zero-order chi connectivity index (χ0) is 16.8. The van der Waals surface area contributed by atoms with Crippen LogP contribution in [0.4, 0.5) is 0 Å². The molecule has 6 heteroatoms. The van der Waals surface area contributed by atoms with Gasteiger partial charge in [0.1, 0.15) is 23.9 Å². The molecule has 0 saturated heterocycles. The van der Waals surface area contributed by atoms with E-state index < -0.39 is 0 Å². The zero-order valence-electron chi connectivity index (χ0n) is 13.6. The highest BCUT2D eigenvalue weighted by Crippen LogP contribution is 2.20. The standard InChI is InChI=1S/C18H20N4O2/c1-2-3-11-22-17(23)13-20-18(21-22)14-6-8-15(9-7-14)24-16-5-4-10-19-12-16/h4-10,12H,2-3,11,13H2,1H3,(H,20,21). The lowest BCUT2D eigenvalue weighted by molar-refractivity contribution is -0.132. The van der Waals surface area contributed by atoms with Gasteiger partial charge in [0.05, 0.1) is 6.20 Å². The van der Waals surface area contributed by atoms with Crippen LogP contribution in [-0.4, -0.2) is 34.8 Å². The highest BCUT2D eigenvalue weighted by Gasteiger charge is 2.20. The third-order valence-corrected chi connectivity index (χ3v) is 3.65. The summed E-state index contributed by atoms with van der Waals surface area (Å²) in [4.78, 5) is 20.2. The number of ether oxygens (including phenoxy) is 1. The molecule has 0 spiro atoms. The number of rotatable bonds is 6. The predicted molar refractivity (Wildman–Crippen MR) is 91.9 cm³/mol. The lowest BCUT2D eigenvalue weighted by Crippen LogP contribution is -2.51. The maximum atomic E-state index is 11.9. The number of carbonyl (C=O) groups excluding carboxylic acids is 1. The molecule has 0 radical (unpaired) electrons. The Labute approximate surface area is 141 Å². The fourth-order valence-electron chi connectivity index (χ4n) is 2.33. The number of unbranched alkanes of at least 4 members (excludes halogenated alkanes) is 1. The molecule has 24 heavy (non-hydrogen) atoms. The number of nitrogens with zero attached hydrogens (tertiary/aromatic N) is 3. The van der Waals surface area contributed by atoms with Crippen molar-refractivity contribution in [3.63, 3.8) is 0 Å². The van der Waals surface area contributed by atoms with Crippen LogP contribution in [0.25, 0.3) is 0 Å². The Balaban J connectivity index is 1.68. The minimum absolute atomic E-state index is 0.00345. The molecule has 0 fully saturated rings. The maximum absolute atomic E-state index is 11.9. The van der Waals surface area contributed by atoms with E-state index in [0.29, 0.717) is 18.1 Å². The van der Waals surface area contributed by atoms with Crippen molar-refractivity contribution in [3.05, 3.63) is 54.4 Å². The lowest BCUT2D eigenvalue weighted by Gasteiger charge is -2.28. The quantitative estimate of drug-likeness (QED) is 0.887. The van der Waals surface area contributed by atoms with E-state index in [4.69, 9.17) is 4.74 Å². The van der Waals surface area contributed by atoms with Crippen LogP contribution in [0.5, 0.6) is 11.5 Å². The number of pyridine rings is 1. The molecular weight excluding hydrogens is 304 g/mol. The fraction of sp³-hybridized carbons (Fsp3) is 0.278. The van der Waals surface area contributed by atoms with Crippen molar-refractivity contribution < 1.29 is 9.53 Å². The molecule has 0 unspecified atom stereocenters. The SMILES string of the molecule is CCCCN1NC(c2ccc(Oc3cccnc3)cc2)=NCC1=O. The van der Waals surface area contributed by atoms with E-state index in [-0.39, 0.29) is 12.5 Å². The van der Waals surface area contributed by atoms with E-state index in [9.17, 15) is 4.79 Å². The molecule has 1 aliphatic rings. The van der Waals surface area contributed by atoms with Gasteiger partial charge in [-0.15, -0.1) is 0 Å². The van der Waals surface area contributed by atoms with Crippen LogP contribution in [0.15, 0.2) is 53.8 Å². The molecule has 2 heterocycles. The van der Waals surface area contributed by atoms with E-state index in [0.717, 1.165) is 24.2 Å². The van der Waals surface area contributed by atoms with Gasteiger partial charge in [-0.25, -0.2) is 0 Å². The number of aliphatic imine (C=N–C) groups is 1. The van der Waals surface area contributed by atoms with Gasteiger partial charge in [0, 0.05) is 18.3 Å². The molecule has 1 N–H and O–H groups in total. The zero-order valence-corrected chi connectivity index (χ0v) is 13.6. The number of amidine groups is 1. The average Bonchev–Trinajstić information content (AvgIpc) is 2.63. The monoisotopic (exact) mass is 324 g/mol. The van der Waals surface area contributed by atoms with Crippen molar-refractivity contribution in [3.8, 4) is 11.5 Å². The van der Waals surface area contributed by atoms with Gasteiger partial charge in [-0.2, -0.15) is 0 Å². The second-order valence-corrected chi connectivity index (χ2v) is 5.49. The minimum Gasteiger partial charge on any atom is -0.456 e. The number of aromatic nitrogens is 1. The summed E-state index contributed by atoms with van der Waals surface area (Å²) in [6.07, 6.45) is 5.37. The first-order valence-corrected chi connectivity index (χ1v) is 8.06. The van der Waals surface area contributed by atoms with Gasteiger partial charge >= 0.3 is 0 Å². The molecule has 1 amide bonds. The van der Waals surface area contributed by atoms with E-state index in [1.807, 2.05) is 36.4 Å². The maximum Gasteiger partial charge on any atom is 0.262 e. The summed E-state index contributed by atoms with van der Waals surface area (Å²) in [7, 11) is 0. The molecule has 1 aromatic heterocycles. The predicted octanol–water partition coefficient (Wildman–Crippen LogP) is 2.77. The first-order valence-electron chi connectivity index (χ1n) is 8.06. The first-order chi connectivity index (χ1) is 11.8. The number of nitrogens with one attached hydrogen (secondary N) is 1. The van der Waals surface area contributed by atoms with Crippen molar-refractivity contribution in [2.45, 2.75) is 19.8 Å². The number of hydrogen-bond acceptors (Lipinski definition) is 5. The molecule has 0 bridgehead atoms. The average molecular weight is 324 g/mol. The molecule has 124 valence electrons. The Bertz CT molecular complexity index is 714. The van der Waals surface area contributed by atoms with Crippen LogP contribution in [0.1, 0.15) is 25.3 Å². The van der Waals surface area contributed by atoms with E-state index >= 15 is 0 Å². The molecule has 6 nitrogen and oxygen atoms in total. The summed E-state index contributed by atoms with van der Waals surface area (Å²) in [5.41, 5.74) is 4.03. The van der Waals surface area contributed by atoms with Gasteiger partial charge in [-0.05, 0) is 42.8 Å². The summed E-state index contributed by atoms with van der Waals surface area (Å²) >= 11 is 0. The summed E-state index contributed by atoms with van der Waals surface area (Å²) in [5.74, 6) is 2.12. The second kappa shape index (κ2) is 7.59. The Morgan fingerprint density at radius 1 is 1.21 bits per heavy atom. The van der Waals surface area contributed by atoms with Gasteiger partial charge in [-0.3, -0.25) is 25.2 Å². The van der Waals surface area contributed by atoms with Crippen LogP contribution in [0, 0.1) is 0 Å². The number of hydrogen-bond donors (Lipinski definition) is 1. The Kier molecular flexibility index (Phi) is 5.05. The van der Waals surface area contributed by atoms with E-state index in [1.165, 1.54) is 0 Å². The van der Waals surface area contributed by atoms with Gasteiger partial charge < -0.3 is 4.74 Å². The molecule has 0 aliphatic carbocycles. The first kappa shape index (κ1) is 16.0. The van der Waals surface area contributed by atoms with Crippen LogP contribution in [-0.2, 0) is 4.79 Å². The Hall–Kier alpha value is -2.89.